The van der Waals surface area contributed by atoms with Crippen molar-refractivity contribution in [3.05, 3.63) is 0 Å². The topological polar surface area (TPSA) is 0 Å². The minimum absolute atomic E-state index is 0.806. The van der Waals surface area contributed by atoms with E-state index in [-0.39, 0.29) is 0 Å². The third kappa shape index (κ3) is 5.01. The quantitative estimate of drug-likeness (QED) is 0.446. The Kier molecular flexibility index (Phi) is 5.53. The molecule has 0 aliphatic rings. The van der Waals surface area contributed by atoms with E-state index < -0.39 is 15.2 Å². The van der Waals surface area contributed by atoms with Gasteiger partial charge < -0.3 is 0 Å². The maximum Gasteiger partial charge on any atom is 0.0410 e. The molecule has 0 bridgehead atoms. The lowest BCUT2D eigenvalue weighted by atomic mass is 10.2. The predicted molar refractivity (Wildman–Crippen MR) is 69.8 cm³/mol. The van der Waals surface area contributed by atoms with Crippen LogP contribution in [0.25, 0.3) is 0 Å². The van der Waals surface area contributed by atoms with E-state index >= 15 is 0 Å². The summed E-state index contributed by atoms with van der Waals surface area (Å²) in [4.78, 5) is 0. The summed E-state index contributed by atoms with van der Waals surface area (Å²) in [6.45, 7) is 15.2. The lowest BCUT2D eigenvalue weighted by Gasteiger charge is -2.35. The lowest BCUT2D eigenvalue weighted by molar-refractivity contribution is 0.698. The molecule has 0 aromatic heterocycles. The van der Waals surface area contributed by atoms with Crippen LogP contribution in [0.5, 0.6) is 0 Å². The molecule has 0 saturated carbocycles. The van der Waals surface area contributed by atoms with Gasteiger partial charge in [0.05, 0.1) is 0 Å². The summed E-state index contributed by atoms with van der Waals surface area (Å²) >= 11 is 0. The maximum absolute atomic E-state index is 2.60. The van der Waals surface area contributed by atoms with Crippen LogP contribution in [0, 0.1) is 0 Å². The van der Waals surface area contributed by atoms with Crippen LogP contribution < -0.4 is 0 Å². The Bertz CT molecular complexity index is 134. The van der Waals surface area contributed by atoms with E-state index in [4.69, 9.17) is 0 Å². The van der Waals surface area contributed by atoms with Crippen molar-refractivity contribution in [1.29, 1.82) is 0 Å². The second-order valence-corrected chi connectivity index (χ2v) is 23.3. The highest BCUT2D eigenvalue weighted by Gasteiger charge is 2.35. The molecule has 80 valence electrons. The Morgan fingerprint density at radius 1 is 0.769 bits per heavy atom. The van der Waals surface area contributed by atoms with Gasteiger partial charge in [-0.05, 0) is 0 Å². The zero-order valence-electron chi connectivity index (χ0n) is 10.5. The molecule has 0 aliphatic carbocycles. The summed E-state index contributed by atoms with van der Waals surface area (Å²) in [5.74, 6) is 0. The smallest absolute Gasteiger partial charge is 0.0410 e. The molecule has 0 amide bonds. The first-order chi connectivity index (χ1) is 5.81. The number of hydrogen-bond acceptors (Lipinski definition) is 0. The molecule has 0 atom stereocenters. The van der Waals surface area contributed by atoms with Gasteiger partial charge in [-0.25, -0.2) is 0 Å². The van der Waals surface area contributed by atoms with E-state index in [2.05, 4.69) is 39.7 Å². The summed E-state index contributed by atoms with van der Waals surface area (Å²) in [6.07, 6.45) is 5.78. The number of hydrogen-bond donors (Lipinski definition) is 0. The van der Waals surface area contributed by atoms with Gasteiger partial charge in [0.2, 0.25) is 0 Å². The molecule has 0 heterocycles. The minimum atomic E-state index is -0.816. The maximum atomic E-state index is 2.60. The summed E-state index contributed by atoms with van der Waals surface area (Å²) in [6, 6.07) is 1.57. The normalized spacial score (nSPS) is 13.4. The first-order valence-electron chi connectivity index (χ1n) is 5.81. The minimum Gasteiger partial charge on any atom is -0.0715 e. The Labute approximate surface area is 86.9 Å². The van der Waals surface area contributed by atoms with Crippen molar-refractivity contribution >= 4 is 15.2 Å². The van der Waals surface area contributed by atoms with E-state index in [0.717, 1.165) is 0 Å². The van der Waals surface area contributed by atoms with Gasteiger partial charge in [-0.1, -0.05) is 71.4 Å². The largest absolute Gasteiger partial charge is 0.0715 e. The van der Waals surface area contributed by atoms with Gasteiger partial charge in [0.1, 0.15) is 0 Å². The standard InChI is InChI=1S/C11H28Si2/c1-7-8-9-10-11-13(5,6)12(2,3)4/h7-11H2,1-6H3. The van der Waals surface area contributed by atoms with Crippen LogP contribution in [0.2, 0.25) is 38.8 Å². The van der Waals surface area contributed by atoms with Crippen molar-refractivity contribution in [2.24, 2.45) is 0 Å². The molecule has 0 spiro atoms. The summed E-state index contributed by atoms with van der Waals surface area (Å²) in [7, 11) is -1.62. The molecule has 0 aromatic carbocycles. The number of rotatable bonds is 6. The van der Waals surface area contributed by atoms with Crippen molar-refractivity contribution in [3.63, 3.8) is 0 Å². The molecule has 0 unspecified atom stereocenters. The van der Waals surface area contributed by atoms with Crippen molar-refractivity contribution in [1.82, 2.24) is 0 Å². The average Bonchev–Trinajstić information content (AvgIpc) is 1.96. The van der Waals surface area contributed by atoms with E-state index in [1.54, 1.807) is 6.04 Å². The monoisotopic (exact) mass is 216 g/mol. The fourth-order valence-corrected chi connectivity index (χ4v) is 6.03. The average molecular weight is 217 g/mol. The molecule has 0 aliphatic heterocycles. The molecule has 0 radical (unpaired) electrons. The highest BCUT2D eigenvalue weighted by Crippen LogP contribution is 2.25. The van der Waals surface area contributed by atoms with Crippen LogP contribution in [-0.2, 0) is 0 Å². The zero-order chi connectivity index (χ0) is 10.5. The Hall–Kier alpha value is 0.434. The van der Waals surface area contributed by atoms with Crippen LogP contribution in [0.4, 0.5) is 0 Å². The first kappa shape index (κ1) is 13.4. The zero-order valence-corrected chi connectivity index (χ0v) is 12.5. The molecule has 0 fully saturated rings. The fraction of sp³-hybridized carbons (Fsp3) is 1.00. The van der Waals surface area contributed by atoms with Crippen LogP contribution >= 0.6 is 0 Å². The molecule has 2 heteroatoms. The molecule has 0 N–H and O–H groups in total. The van der Waals surface area contributed by atoms with Crippen LogP contribution in [0.15, 0.2) is 0 Å². The highest BCUT2D eigenvalue weighted by atomic mass is 29.3. The summed E-state index contributed by atoms with van der Waals surface area (Å²) in [5.41, 5.74) is 0. The van der Waals surface area contributed by atoms with Gasteiger partial charge >= 0.3 is 0 Å². The van der Waals surface area contributed by atoms with E-state index in [1.807, 2.05) is 0 Å². The van der Waals surface area contributed by atoms with Crippen LogP contribution in [0.3, 0.4) is 0 Å². The molecule has 0 aromatic rings. The van der Waals surface area contributed by atoms with Crippen molar-refractivity contribution < 1.29 is 0 Å². The van der Waals surface area contributed by atoms with Gasteiger partial charge in [0.25, 0.3) is 0 Å². The van der Waals surface area contributed by atoms with Crippen LogP contribution in [0.1, 0.15) is 32.6 Å². The molecule has 0 nitrogen and oxygen atoms in total. The molecular formula is C11H28Si2. The number of unbranched alkanes of at least 4 members (excludes halogenated alkanes) is 3. The Morgan fingerprint density at radius 3 is 1.69 bits per heavy atom. The van der Waals surface area contributed by atoms with Gasteiger partial charge in [0, 0.05) is 15.2 Å². The van der Waals surface area contributed by atoms with Gasteiger partial charge in [-0.2, -0.15) is 0 Å². The Balaban J connectivity index is 3.77. The van der Waals surface area contributed by atoms with Crippen molar-refractivity contribution in [3.8, 4) is 0 Å². The highest BCUT2D eigenvalue weighted by molar-refractivity contribution is 7.40. The summed E-state index contributed by atoms with van der Waals surface area (Å²) in [5, 5.41) is 0. The van der Waals surface area contributed by atoms with Gasteiger partial charge in [-0.15, -0.1) is 0 Å². The third-order valence-electron chi connectivity index (χ3n) is 3.69. The second-order valence-electron chi connectivity index (χ2n) is 5.94. The molecular weight excluding hydrogens is 188 g/mol. The SMILES string of the molecule is CCCCCC[Si](C)(C)[Si](C)(C)C. The molecule has 0 rings (SSSR count). The van der Waals surface area contributed by atoms with Gasteiger partial charge in [-0.3, -0.25) is 0 Å². The van der Waals surface area contributed by atoms with Gasteiger partial charge in [0.15, 0.2) is 0 Å². The second kappa shape index (κ2) is 5.35. The predicted octanol–water partition coefficient (Wildman–Crippen LogP) is 4.69. The van der Waals surface area contributed by atoms with Crippen LogP contribution in [-0.4, -0.2) is 15.2 Å². The lowest BCUT2D eigenvalue weighted by Crippen LogP contribution is -2.51. The van der Waals surface area contributed by atoms with Crippen molar-refractivity contribution in [2.75, 3.05) is 0 Å². The summed E-state index contributed by atoms with van der Waals surface area (Å²) < 4.78 is 0. The fourth-order valence-electron chi connectivity index (χ4n) is 1.37. The van der Waals surface area contributed by atoms with E-state index in [0.29, 0.717) is 0 Å². The van der Waals surface area contributed by atoms with E-state index in [1.165, 1.54) is 25.7 Å². The molecule has 0 saturated heterocycles. The first-order valence-corrected chi connectivity index (χ1v) is 13.5. The third-order valence-corrected chi connectivity index (χ3v) is 22.3. The Morgan fingerprint density at radius 2 is 1.31 bits per heavy atom. The molecule has 13 heavy (non-hydrogen) atoms. The van der Waals surface area contributed by atoms with Crippen molar-refractivity contribution in [2.45, 2.75) is 71.4 Å². The van der Waals surface area contributed by atoms with E-state index in [9.17, 15) is 0 Å².